The average molecular weight is 376 g/mol. The van der Waals surface area contributed by atoms with Gasteiger partial charge in [-0.2, -0.15) is 5.10 Å². The minimum Gasteiger partial charge on any atom is -0.333 e. The van der Waals surface area contributed by atoms with Gasteiger partial charge in [0.05, 0.1) is 12.6 Å². The lowest BCUT2D eigenvalue weighted by Gasteiger charge is -2.43. The van der Waals surface area contributed by atoms with Crippen LogP contribution in [0, 0.1) is 0 Å². The molecule has 0 radical (unpaired) electrons. The minimum atomic E-state index is 0.0895. The number of amides is 2. The van der Waals surface area contributed by atoms with Gasteiger partial charge in [0.2, 0.25) is 0 Å². The highest BCUT2D eigenvalue weighted by atomic mass is 16.2. The van der Waals surface area contributed by atoms with Crippen LogP contribution in [0.15, 0.2) is 6.33 Å². The van der Waals surface area contributed by atoms with Gasteiger partial charge >= 0.3 is 6.03 Å². The normalized spacial score (nSPS) is 25.6. The highest BCUT2D eigenvalue weighted by Crippen LogP contribution is 2.20. The first-order valence-corrected chi connectivity index (χ1v) is 10.5. The average Bonchev–Trinajstić information content (AvgIpc) is 3.16. The second-order valence-electron chi connectivity index (χ2n) is 8.43. The van der Waals surface area contributed by atoms with Crippen molar-refractivity contribution in [3.05, 3.63) is 12.2 Å². The van der Waals surface area contributed by atoms with Crippen molar-refractivity contribution in [3.8, 4) is 0 Å². The third-order valence-electron chi connectivity index (χ3n) is 6.48. The Morgan fingerprint density at radius 1 is 1.11 bits per heavy atom. The van der Waals surface area contributed by atoms with E-state index in [-0.39, 0.29) is 12.1 Å². The van der Waals surface area contributed by atoms with Crippen LogP contribution in [0.4, 0.5) is 4.79 Å². The van der Waals surface area contributed by atoms with Crippen LogP contribution in [0.1, 0.15) is 38.9 Å². The summed E-state index contributed by atoms with van der Waals surface area (Å²) in [5, 5.41) is 7.45. The molecular weight excluding hydrogens is 342 g/mol. The smallest absolute Gasteiger partial charge is 0.317 e. The fourth-order valence-corrected chi connectivity index (χ4v) is 4.67. The summed E-state index contributed by atoms with van der Waals surface area (Å²) in [4.78, 5) is 24.1. The number of piperidine rings is 1. The lowest BCUT2D eigenvalue weighted by molar-refractivity contribution is 0.0534. The van der Waals surface area contributed by atoms with E-state index >= 15 is 0 Å². The molecule has 3 aliphatic rings. The lowest BCUT2D eigenvalue weighted by atomic mass is 10.0. The molecule has 0 spiro atoms. The molecule has 0 aromatic carbocycles. The number of aryl methyl sites for hydroxylation is 1. The molecule has 8 heteroatoms. The molecule has 1 unspecified atom stereocenters. The van der Waals surface area contributed by atoms with E-state index in [1.807, 2.05) is 9.58 Å². The molecule has 0 bridgehead atoms. The first kappa shape index (κ1) is 18.7. The summed E-state index contributed by atoms with van der Waals surface area (Å²) >= 11 is 0. The van der Waals surface area contributed by atoms with Crippen LogP contribution < -0.4 is 5.32 Å². The summed E-state index contributed by atoms with van der Waals surface area (Å²) < 4.78 is 1.91. The highest BCUT2D eigenvalue weighted by Gasteiger charge is 2.30. The number of nitrogens with zero attached hydrogens (tertiary/aromatic N) is 6. The Bertz CT molecular complexity index is 630. The van der Waals surface area contributed by atoms with Crippen LogP contribution in [0.3, 0.4) is 0 Å². The molecular formula is C19H33N7O. The van der Waals surface area contributed by atoms with Gasteiger partial charge in [-0.15, -0.1) is 0 Å². The zero-order valence-corrected chi connectivity index (χ0v) is 16.7. The van der Waals surface area contributed by atoms with Gasteiger partial charge in [0.1, 0.15) is 12.2 Å². The van der Waals surface area contributed by atoms with Gasteiger partial charge in [-0.05, 0) is 33.1 Å². The third kappa shape index (κ3) is 4.27. The molecule has 27 heavy (non-hydrogen) atoms. The van der Waals surface area contributed by atoms with E-state index < -0.39 is 0 Å². The predicted molar refractivity (Wildman–Crippen MR) is 104 cm³/mol. The topological polar surface area (TPSA) is 69.5 Å². The molecule has 8 nitrogen and oxygen atoms in total. The monoisotopic (exact) mass is 375 g/mol. The largest absolute Gasteiger partial charge is 0.333 e. The van der Waals surface area contributed by atoms with E-state index in [4.69, 9.17) is 0 Å². The molecule has 4 heterocycles. The second kappa shape index (κ2) is 8.14. The molecule has 0 saturated carbocycles. The Balaban J connectivity index is 1.21. The summed E-state index contributed by atoms with van der Waals surface area (Å²) in [5.74, 6) is 1.03. The zero-order chi connectivity index (χ0) is 18.8. The van der Waals surface area contributed by atoms with Crippen molar-refractivity contribution in [1.29, 1.82) is 0 Å². The number of hydrogen-bond donors (Lipinski definition) is 1. The van der Waals surface area contributed by atoms with Crippen molar-refractivity contribution in [2.24, 2.45) is 0 Å². The number of hydrogen-bond acceptors (Lipinski definition) is 5. The molecule has 2 fully saturated rings. The molecule has 0 aliphatic carbocycles. The Morgan fingerprint density at radius 2 is 1.85 bits per heavy atom. The molecule has 2 amide bonds. The van der Waals surface area contributed by atoms with Gasteiger partial charge in [0.15, 0.2) is 0 Å². The van der Waals surface area contributed by atoms with Crippen molar-refractivity contribution in [2.45, 2.75) is 64.2 Å². The second-order valence-corrected chi connectivity index (χ2v) is 8.43. The zero-order valence-electron chi connectivity index (χ0n) is 16.7. The molecule has 4 rings (SSSR count). The number of rotatable bonds is 3. The minimum absolute atomic E-state index is 0.0895. The Labute approximate surface area is 161 Å². The van der Waals surface area contributed by atoms with Crippen LogP contribution in [0.2, 0.25) is 0 Å². The van der Waals surface area contributed by atoms with Crippen molar-refractivity contribution >= 4 is 6.03 Å². The van der Waals surface area contributed by atoms with Crippen molar-refractivity contribution in [2.75, 3.05) is 39.3 Å². The van der Waals surface area contributed by atoms with E-state index in [9.17, 15) is 4.79 Å². The Morgan fingerprint density at radius 3 is 2.56 bits per heavy atom. The number of fused-ring (bicyclic) bond motifs is 1. The first-order valence-electron chi connectivity index (χ1n) is 10.5. The molecule has 1 aromatic heterocycles. The lowest BCUT2D eigenvalue weighted by Crippen LogP contribution is -2.56. The Kier molecular flexibility index (Phi) is 5.63. The number of urea groups is 1. The van der Waals surface area contributed by atoms with Crippen LogP contribution in [0.25, 0.3) is 0 Å². The molecule has 3 aliphatic heterocycles. The van der Waals surface area contributed by atoms with Crippen LogP contribution in [-0.2, 0) is 13.0 Å². The highest BCUT2D eigenvalue weighted by molar-refractivity contribution is 5.74. The van der Waals surface area contributed by atoms with Gasteiger partial charge < -0.3 is 10.2 Å². The first-order chi connectivity index (χ1) is 13.1. The fourth-order valence-electron chi connectivity index (χ4n) is 4.67. The third-order valence-corrected chi connectivity index (χ3v) is 6.48. The van der Waals surface area contributed by atoms with E-state index in [1.54, 1.807) is 6.33 Å². The van der Waals surface area contributed by atoms with Gasteiger partial charge in [0, 0.05) is 57.8 Å². The van der Waals surface area contributed by atoms with Crippen molar-refractivity contribution in [1.82, 2.24) is 34.8 Å². The maximum Gasteiger partial charge on any atom is 0.317 e. The molecule has 1 aromatic rings. The molecule has 1 N–H and O–H groups in total. The predicted octanol–water partition coefficient (Wildman–Crippen LogP) is 0.793. The van der Waals surface area contributed by atoms with Crippen LogP contribution in [0.5, 0.6) is 0 Å². The number of carbonyl (C=O) groups excluding carboxylic acids is 1. The summed E-state index contributed by atoms with van der Waals surface area (Å²) in [6, 6.07) is 1.53. The summed E-state index contributed by atoms with van der Waals surface area (Å²) in [6.07, 6.45) is 5.61. The maximum absolute atomic E-state index is 12.7. The number of carbonyl (C=O) groups is 1. The van der Waals surface area contributed by atoms with Gasteiger partial charge in [-0.1, -0.05) is 0 Å². The Hall–Kier alpha value is -1.67. The van der Waals surface area contributed by atoms with Gasteiger partial charge in [0.25, 0.3) is 0 Å². The summed E-state index contributed by atoms with van der Waals surface area (Å²) in [6.45, 7) is 11.7. The number of piperazine rings is 1. The van der Waals surface area contributed by atoms with E-state index in [2.05, 4.69) is 39.0 Å². The summed E-state index contributed by atoms with van der Waals surface area (Å²) in [7, 11) is 0. The molecule has 150 valence electrons. The molecule has 2 saturated heterocycles. The standard InChI is InChI=1S/C19H33N7O/c1-15(2)23-9-11-24(12-10-23)17-5-7-25(8-6-17)19(27)22-16-3-4-18-20-14-21-26(18)13-16/h14-17H,3-13H2,1-2H3,(H,22,27). The van der Waals surface area contributed by atoms with E-state index in [0.29, 0.717) is 12.1 Å². The quantitative estimate of drug-likeness (QED) is 0.846. The number of aromatic nitrogens is 3. The van der Waals surface area contributed by atoms with Crippen LogP contribution >= 0.6 is 0 Å². The van der Waals surface area contributed by atoms with Gasteiger partial charge in [-0.25, -0.2) is 14.5 Å². The molecule has 1 atom stereocenters. The van der Waals surface area contributed by atoms with Crippen molar-refractivity contribution in [3.63, 3.8) is 0 Å². The van der Waals surface area contributed by atoms with Gasteiger partial charge in [-0.3, -0.25) is 9.80 Å². The van der Waals surface area contributed by atoms with Crippen molar-refractivity contribution < 1.29 is 4.79 Å². The van der Waals surface area contributed by atoms with Crippen LogP contribution in [-0.4, -0.2) is 92.9 Å². The number of likely N-dealkylation sites (tertiary alicyclic amines) is 1. The fraction of sp³-hybridized carbons (Fsp3) is 0.842. The maximum atomic E-state index is 12.7. The summed E-state index contributed by atoms with van der Waals surface area (Å²) in [5.41, 5.74) is 0. The number of nitrogens with one attached hydrogen (secondary N) is 1. The van der Waals surface area contributed by atoms with E-state index in [1.165, 1.54) is 13.1 Å². The SMILES string of the molecule is CC(C)N1CCN(C2CCN(C(=O)NC3CCc4ncnn4C3)CC2)CC1. The van der Waals surface area contributed by atoms with E-state index in [0.717, 1.165) is 64.2 Å².